The molecule has 0 bridgehead atoms. The standard InChI is InChI=1S/C25H22N2O5/c1-15-13-17(31-2)10-11-18(15)23(28)21-22(16-7-6-12-26-14-16)27(25(30)24(21)29)19-8-4-5-9-20(19)32-3/h4-14,22,28H,1-3H3/b23-21-. The van der Waals surface area contributed by atoms with E-state index in [2.05, 4.69) is 4.98 Å². The van der Waals surface area contributed by atoms with Gasteiger partial charge in [-0.2, -0.15) is 0 Å². The van der Waals surface area contributed by atoms with Gasteiger partial charge >= 0.3 is 0 Å². The van der Waals surface area contributed by atoms with Crippen LogP contribution in [0.2, 0.25) is 0 Å². The number of anilines is 1. The normalized spacial score (nSPS) is 17.5. The first kappa shape index (κ1) is 21.1. The molecule has 1 saturated heterocycles. The summed E-state index contributed by atoms with van der Waals surface area (Å²) in [6.07, 6.45) is 3.18. The molecular formula is C25H22N2O5. The Kier molecular flexibility index (Phi) is 5.64. The molecule has 1 atom stereocenters. The number of ether oxygens (including phenoxy) is 2. The molecule has 0 aliphatic carbocycles. The molecule has 4 rings (SSSR count). The van der Waals surface area contributed by atoms with Gasteiger partial charge in [0.05, 0.1) is 31.5 Å². The summed E-state index contributed by atoms with van der Waals surface area (Å²) in [5, 5.41) is 11.3. The second-order valence-electron chi connectivity index (χ2n) is 7.31. The molecule has 0 saturated carbocycles. The number of amides is 1. The number of hydrogen-bond donors (Lipinski definition) is 1. The van der Waals surface area contributed by atoms with Gasteiger partial charge in [0.15, 0.2) is 0 Å². The van der Waals surface area contributed by atoms with Gasteiger partial charge < -0.3 is 14.6 Å². The van der Waals surface area contributed by atoms with Crippen molar-refractivity contribution in [2.75, 3.05) is 19.1 Å². The van der Waals surface area contributed by atoms with Crippen LogP contribution in [0.1, 0.15) is 22.7 Å². The van der Waals surface area contributed by atoms with Gasteiger partial charge in [0.25, 0.3) is 11.7 Å². The number of para-hydroxylation sites is 2. The molecule has 32 heavy (non-hydrogen) atoms. The fourth-order valence-corrected chi connectivity index (χ4v) is 3.94. The molecule has 1 unspecified atom stereocenters. The zero-order chi connectivity index (χ0) is 22.8. The largest absolute Gasteiger partial charge is 0.507 e. The van der Waals surface area contributed by atoms with E-state index >= 15 is 0 Å². The van der Waals surface area contributed by atoms with E-state index in [-0.39, 0.29) is 11.3 Å². The monoisotopic (exact) mass is 430 g/mol. The van der Waals surface area contributed by atoms with E-state index < -0.39 is 17.7 Å². The average molecular weight is 430 g/mol. The second kappa shape index (κ2) is 8.55. The van der Waals surface area contributed by atoms with Crippen molar-refractivity contribution >= 4 is 23.1 Å². The van der Waals surface area contributed by atoms with Crippen LogP contribution in [0.3, 0.4) is 0 Å². The van der Waals surface area contributed by atoms with Gasteiger partial charge in [-0.05, 0) is 54.4 Å². The van der Waals surface area contributed by atoms with Gasteiger partial charge in [-0.25, -0.2) is 0 Å². The number of methoxy groups -OCH3 is 2. The third kappa shape index (κ3) is 3.47. The van der Waals surface area contributed by atoms with Crippen LogP contribution >= 0.6 is 0 Å². The number of carbonyl (C=O) groups is 2. The minimum atomic E-state index is -0.874. The fourth-order valence-electron chi connectivity index (χ4n) is 3.94. The summed E-state index contributed by atoms with van der Waals surface area (Å²) >= 11 is 0. The van der Waals surface area contributed by atoms with E-state index in [0.29, 0.717) is 33.9 Å². The predicted molar refractivity (Wildman–Crippen MR) is 120 cm³/mol. The number of aliphatic hydroxyl groups excluding tert-OH is 1. The summed E-state index contributed by atoms with van der Waals surface area (Å²) in [4.78, 5) is 32.0. The number of aryl methyl sites for hydroxylation is 1. The average Bonchev–Trinajstić information content (AvgIpc) is 3.09. The molecule has 162 valence electrons. The number of aliphatic hydroxyl groups is 1. The summed E-state index contributed by atoms with van der Waals surface area (Å²) in [5.74, 6) is -0.732. The first-order valence-electron chi connectivity index (χ1n) is 9.97. The van der Waals surface area contributed by atoms with Crippen LogP contribution in [0.25, 0.3) is 5.76 Å². The molecule has 1 amide bonds. The lowest BCUT2D eigenvalue weighted by atomic mass is 9.94. The third-order valence-electron chi connectivity index (χ3n) is 5.48. The third-order valence-corrected chi connectivity index (χ3v) is 5.48. The molecule has 1 fully saturated rings. The first-order chi connectivity index (χ1) is 15.5. The summed E-state index contributed by atoms with van der Waals surface area (Å²) in [7, 11) is 3.05. The molecule has 1 aliphatic rings. The maximum absolute atomic E-state index is 13.2. The Morgan fingerprint density at radius 3 is 2.47 bits per heavy atom. The van der Waals surface area contributed by atoms with Crippen LogP contribution in [0.4, 0.5) is 5.69 Å². The summed E-state index contributed by atoms with van der Waals surface area (Å²) in [6, 6.07) is 14.7. The minimum Gasteiger partial charge on any atom is -0.507 e. The van der Waals surface area contributed by atoms with E-state index in [1.807, 2.05) is 0 Å². The van der Waals surface area contributed by atoms with Crippen molar-refractivity contribution < 1.29 is 24.2 Å². The quantitative estimate of drug-likeness (QED) is 0.373. The molecule has 0 radical (unpaired) electrons. The van der Waals surface area contributed by atoms with Gasteiger partial charge in [0, 0.05) is 18.0 Å². The van der Waals surface area contributed by atoms with Crippen molar-refractivity contribution in [2.45, 2.75) is 13.0 Å². The smallest absolute Gasteiger partial charge is 0.300 e. The maximum Gasteiger partial charge on any atom is 0.300 e. The lowest BCUT2D eigenvalue weighted by Gasteiger charge is -2.26. The number of Topliss-reactive ketones (excluding diaryl/α,β-unsaturated/α-hetero) is 1. The fraction of sp³-hybridized carbons (Fsp3) is 0.160. The highest BCUT2D eigenvalue weighted by molar-refractivity contribution is 6.52. The van der Waals surface area contributed by atoms with E-state index in [1.165, 1.54) is 12.0 Å². The molecule has 3 aromatic rings. The van der Waals surface area contributed by atoms with Crippen molar-refractivity contribution in [1.29, 1.82) is 0 Å². The van der Waals surface area contributed by atoms with E-state index in [0.717, 1.165) is 0 Å². The molecule has 1 aromatic heterocycles. The maximum atomic E-state index is 13.2. The molecule has 2 aromatic carbocycles. The summed E-state index contributed by atoms with van der Waals surface area (Å²) < 4.78 is 10.7. The zero-order valence-electron chi connectivity index (χ0n) is 17.9. The summed E-state index contributed by atoms with van der Waals surface area (Å²) in [6.45, 7) is 1.80. The number of nitrogens with zero attached hydrogens (tertiary/aromatic N) is 2. The van der Waals surface area contributed by atoms with E-state index in [9.17, 15) is 14.7 Å². The van der Waals surface area contributed by atoms with Gasteiger partial charge in [0.2, 0.25) is 0 Å². The summed E-state index contributed by atoms with van der Waals surface area (Å²) in [5.41, 5.74) is 2.15. The number of carbonyl (C=O) groups excluding carboxylic acids is 2. The van der Waals surface area contributed by atoms with Crippen LogP contribution in [0, 0.1) is 6.92 Å². The van der Waals surface area contributed by atoms with Crippen LogP contribution in [0.15, 0.2) is 72.6 Å². The van der Waals surface area contributed by atoms with Gasteiger partial charge in [-0.1, -0.05) is 18.2 Å². The highest BCUT2D eigenvalue weighted by Gasteiger charge is 2.48. The highest BCUT2D eigenvalue weighted by atomic mass is 16.5. The minimum absolute atomic E-state index is 0.0119. The lowest BCUT2D eigenvalue weighted by molar-refractivity contribution is -0.132. The molecule has 0 spiro atoms. The van der Waals surface area contributed by atoms with Gasteiger partial charge in [0.1, 0.15) is 17.3 Å². The number of rotatable bonds is 5. The molecule has 7 heteroatoms. The number of pyridine rings is 1. The first-order valence-corrected chi connectivity index (χ1v) is 9.97. The van der Waals surface area contributed by atoms with E-state index in [4.69, 9.17) is 9.47 Å². The molecule has 1 N–H and O–H groups in total. The van der Waals surface area contributed by atoms with Crippen molar-refractivity contribution in [3.8, 4) is 11.5 Å². The van der Waals surface area contributed by atoms with Gasteiger partial charge in [-0.3, -0.25) is 19.5 Å². The Bertz CT molecular complexity index is 1220. The number of ketones is 1. The molecule has 2 heterocycles. The molecular weight excluding hydrogens is 408 g/mol. The second-order valence-corrected chi connectivity index (χ2v) is 7.31. The van der Waals surface area contributed by atoms with Crippen molar-refractivity contribution in [2.24, 2.45) is 0 Å². The predicted octanol–water partition coefficient (Wildman–Crippen LogP) is 4.03. The Hall–Kier alpha value is -4.13. The van der Waals surface area contributed by atoms with Crippen LogP contribution in [-0.2, 0) is 9.59 Å². The van der Waals surface area contributed by atoms with Crippen molar-refractivity contribution in [3.05, 3.63) is 89.3 Å². The Balaban J connectivity index is 1.97. The number of hydrogen-bond acceptors (Lipinski definition) is 6. The Morgan fingerprint density at radius 1 is 1.03 bits per heavy atom. The number of aromatic nitrogens is 1. The van der Waals surface area contributed by atoms with E-state index in [1.54, 1.807) is 81.0 Å². The SMILES string of the molecule is COc1ccc(/C(O)=C2/C(=O)C(=O)N(c3ccccc3OC)C2c2cccnc2)c(C)c1. The topological polar surface area (TPSA) is 89.0 Å². The van der Waals surface area contributed by atoms with Crippen molar-refractivity contribution in [3.63, 3.8) is 0 Å². The Morgan fingerprint density at radius 2 is 1.81 bits per heavy atom. The lowest BCUT2D eigenvalue weighted by Crippen LogP contribution is -2.29. The zero-order valence-corrected chi connectivity index (χ0v) is 17.9. The van der Waals surface area contributed by atoms with Gasteiger partial charge in [-0.15, -0.1) is 0 Å². The molecule has 1 aliphatic heterocycles. The highest BCUT2D eigenvalue weighted by Crippen LogP contribution is 2.45. The van der Waals surface area contributed by atoms with Crippen molar-refractivity contribution in [1.82, 2.24) is 4.98 Å². The van der Waals surface area contributed by atoms with Crippen LogP contribution < -0.4 is 14.4 Å². The van der Waals surface area contributed by atoms with Crippen LogP contribution in [0.5, 0.6) is 11.5 Å². The van der Waals surface area contributed by atoms with Crippen LogP contribution in [-0.4, -0.2) is 36.0 Å². The Labute approximate surface area is 185 Å². The number of benzene rings is 2. The molecule has 7 nitrogen and oxygen atoms in total.